The highest BCUT2D eigenvalue weighted by Gasteiger charge is 2.30. The van der Waals surface area contributed by atoms with Crippen molar-refractivity contribution in [3.05, 3.63) is 12.4 Å². The highest BCUT2D eigenvalue weighted by molar-refractivity contribution is 5.78. The molecular formula is C22H35N5O3. The molecule has 8 nitrogen and oxygen atoms in total. The second kappa shape index (κ2) is 11.1. The molecule has 3 rings (SSSR count). The van der Waals surface area contributed by atoms with Crippen LogP contribution in [0.2, 0.25) is 0 Å². The van der Waals surface area contributed by atoms with Gasteiger partial charge in [0, 0.05) is 45.2 Å². The highest BCUT2D eigenvalue weighted by Crippen LogP contribution is 2.26. The number of amides is 1. The first-order valence-corrected chi connectivity index (χ1v) is 11.4. The van der Waals surface area contributed by atoms with Crippen LogP contribution in [0.25, 0.3) is 0 Å². The summed E-state index contributed by atoms with van der Waals surface area (Å²) in [7, 11) is 0. The van der Waals surface area contributed by atoms with Crippen LogP contribution in [0.4, 0.5) is 11.6 Å². The van der Waals surface area contributed by atoms with Crippen molar-refractivity contribution in [2.24, 2.45) is 11.8 Å². The van der Waals surface area contributed by atoms with Crippen LogP contribution in [0.15, 0.2) is 12.4 Å². The van der Waals surface area contributed by atoms with Crippen molar-refractivity contribution in [2.45, 2.75) is 52.4 Å². The van der Waals surface area contributed by atoms with Crippen LogP contribution in [0.5, 0.6) is 0 Å². The normalized spacial score (nSPS) is 21.9. The van der Waals surface area contributed by atoms with Crippen molar-refractivity contribution in [1.82, 2.24) is 14.9 Å². The molecule has 0 bridgehead atoms. The van der Waals surface area contributed by atoms with Crippen LogP contribution in [0, 0.1) is 11.8 Å². The van der Waals surface area contributed by atoms with Crippen molar-refractivity contribution in [2.75, 3.05) is 49.5 Å². The molecule has 0 spiro atoms. The van der Waals surface area contributed by atoms with Crippen molar-refractivity contribution < 1.29 is 14.3 Å². The van der Waals surface area contributed by atoms with Crippen LogP contribution in [-0.2, 0) is 14.3 Å². The lowest BCUT2D eigenvalue weighted by atomic mass is 9.92. The average Bonchev–Trinajstić information content (AvgIpc) is 2.78. The number of aromatic nitrogens is 2. The Morgan fingerprint density at radius 3 is 2.80 bits per heavy atom. The van der Waals surface area contributed by atoms with E-state index >= 15 is 0 Å². The number of ether oxygens (including phenoxy) is 1. The molecule has 0 radical (unpaired) electrons. The number of rotatable bonds is 8. The van der Waals surface area contributed by atoms with Gasteiger partial charge in [0.2, 0.25) is 5.91 Å². The summed E-state index contributed by atoms with van der Waals surface area (Å²) in [4.78, 5) is 37.7. The number of nitrogens with zero attached hydrogens (tertiary/aromatic N) is 4. The third kappa shape index (κ3) is 6.06. The van der Waals surface area contributed by atoms with E-state index in [1.807, 2.05) is 24.8 Å². The number of nitrogens with one attached hydrogen (secondary N) is 1. The van der Waals surface area contributed by atoms with E-state index in [1.54, 1.807) is 6.33 Å². The minimum Gasteiger partial charge on any atom is -0.466 e. The third-order valence-electron chi connectivity index (χ3n) is 6.01. The standard InChI is InChI=1S/C22H35N5O3/c1-3-23-19-13-20(25-16-24-19)26-11-5-7-17(14-26)9-10-21(28)27-12-6-8-18(15-27)22(29)30-4-2/h13,16-18H,3-12,14-15H2,1-2H3,(H,23,24,25)/t17-,18-/m0/s1. The number of carbonyl (C=O) groups excluding carboxylic acids is 2. The molecule has 0 aliphatic carbocycles. The summed E-state index contributed by atoms with van der Waals surface area (Å²) in [5.41, 5.74) is 0. The number of carbonyl (C=O) groups is 2. The molecular weight excluding hydrogens is 382 g/mol. The van der Waals surface area contributed by atoms with Gasteiger partial charge in [-0.15, -0.1) is 0 Å². The van der Waals surface area contributed by atoms with Gasteiger partial charge in [0.15, 0.2) is 0 Å². The summed E-state index contributed by atoms with van der Waals surface area (Å²) in [6.07, 6.45) is 6.95. The van der Waals surface area contributed by atoms with Gasteiger partial charge >= 0.3 is 5.97 Å². The van der Waals surface area contributed by atoms with E-state index in [2.05, 4.69) is 20.2 Å². The molecule has 2 fully saturated rings. The molecule has 1 amide bonds. The minimum atomic E-state index is -0.170. The molecule has 0 aromatic carbocycles. The average molecular weight is 418 g/mol. The zero-order valence-electron chi connectivity index (χ0n) is 18.3. The topological polar surface area (TPSA) is 87.7 Å². The van der Waals surface area contributed by atoms with Gasteiger partial charge in [-0.1, -0.05) is 0 Å². The number of hydrogen-bond donors (Lipinski definition) is 1. The number of piperidine rings is 2. The molecule has 2 aliphatic rings. The number of hydrogen-bond acceptors (Lipinski definition) is 7. The first-order chi connectivity index (χ1) is 14.6. The lowest BCUT2D eigenvalue weighted by molar-refractivity contribution is -0.151. The van der Waals surface area contributed by atoms with Gasteiger partial charge in [-0.3, -0.25) is 9.59 Å². The van der Waals surface area contributed by atoms with Gasteiger partial charge < -0.3 is 19.9 Å². The van der Waals surface area contributed by atoms with Crippen LogP contribution in [0.1, 0.15) is 52.4 Å². The van der Waals surface area contributed by atoms with E-state index in [0.717, 1.165) is 69.9 Å². The molecule has 2 aliphatic heterocycles. The molecule has 3 heterocycles. The molecule has 8 heteroatoms. The fourth-order valence-corrected chi connectivity index (χ4v) is 4.45. The van der Waals surface area contributed by atoms with Gasteiger partial charge in [-0.25, -0.2) is 9.97 Å². The maximum atomic E-state index is 12.8. The molecule has 166 valence electrons. The van der Waals surface area contributed by atoms with Crippen LogP contribution >= 0.6 is 0 Å². The molecule has 2 saturated heterocycles. The smallest absolute Gasteiger partial charge is 0.310 e. The Morgan fingerprint density at radius 1 is 1.17 bits per heavy atom. The zero-order valence-corrected chi connectivity index (χ0v) is 18.3. The van der Waals surface area contributed by atoms with Gasteiger partial charge in [-0.2, -0.15) is 0 Å². The van der Waals surface area contributed by atoms with Crippen LogP contribution in [-0.4, -0.2) is 66.1 Å². The molecule has 30 heavy (non-hydrogen) atoms. The number of anilines is 2. The summed E-state index contributed by atoms with van der Waals surface area (Å²) in [5, 5.41) is 3.23. The summed E-state index contributed by atoms with van der Waals surface area (Å²) in [6, 6.07) is 2.00. The largest absolute Gasteiger partial charge is 0.466 e. The molecule has 2 atom stereocenters. The van der Waals surface area contributed by atoms with E-state index in [9.17, 15) is 9.59 Å². The summed E-state index contributed by atoms with van der Waals surface area (Å²) in [5.74, 6) is 2.10. The fraction of sp³-hybridized carbons (Fsp3) is 0.727. The van der Waals surface area contributed by atoms with E-state index < -0.39 is 0 Å². The predicted octanol–water partition coefficient (Wildman–Crippen LogP) is 2.71. The highest BCUT2D eigenvalue weighted by atomic mass is 16.5. The van der Waals surface area contributed by atoms with E-state index in [-0.39, 0.29) is 17.8 Å². The van der Waals surface area contributed by atoms with Gasteiger partial charge in [0.25, 0.3) is 0 Å². The van der Waals surface area contributed by atoms with Crippen molar-refractivity contribution in [1.29, 1.82) is 0 Å². The predicted molar refractivity (Wildman–Crippen MR) is 116 cm³/mol. The maximum absolute atomic E-state index is 12.8. The van der Waals surface area contributed by atoms with Crippen LogP contribution in [0.3, 0.4) is 0 Å². The third-order valence-corrected chi connectivity index (χ3v) is 6.01. The monoisotopic (exact) mass is 417 g/mol. The Kier molecular flexibility index (Phi) is 8.28. The minimum absolute atomic E-state index is 0.164. The van der Waals surface area contributed by atoms with Gasteiger partial charge in [0.05, 0.1) is 12.5 Å². The summed E-state index contributed by atoms with van der Waals surface area (Å²) in [6.45, 7) is 8.25. The summed E-state index contributed by atoms with van der Waals surface area (Å²) < 4.78 is 5.14. The molecule has 0 saturated carbocycles. The molecule has 0 unspecified atom stereocenters. The van der Waals surface area contributed by atoms with Crippen molar-refractivity contribution in [3.8, 4) is 0 Å². The maximum Gasteiger partial charge on any atom is 0.310 e. The summed E-state index contributed by atoms with van der Waals surface area (Å²) >= 11 is 0. The molecule has 1 aromatic heterocycles. The van der Waals surface area contributed by atoms with Gasteiger partial charge in [0.1, 0.15) is 18.0 Å². The Balaban J connectivity index is 1.49. The Hall–Kier alpha value is -2.38. The number of likely N-dealkylation sites (tertiary alicyclic amines) is 1. The quantitative estimate of drug-likeness (QED) is 0.651. The van der Waals surface area contributed by atoms with Crippen molar-refractivity contribution >= 4 is 23.5 Å². The first-order valence-electron chi connectivity index (χ1n) is 11.4. The second-order valence-electron chi connectivity index (χ2n) is 8.22. The molecule has 1 N–H and O–H groups in total. The Bertz CT molecular complexity index is 714. The van der Waals surface area contributed by atoms with Crippen LogP contribution < -0.4 is 10.2 Å². The fourth-order valence-electron chi connectivity index (χ4n) is 4.45. The second-order valence-corrected chi connectivity index (χ2v) is 8.22. The molecule has 1 aromatic rings. The Morgan fingerprint density at radius 2 is 2.00 bits per heavy atom. The lowest BCUT2D eigenvalue weighted by Crippen LogP contribution is -2.43. The van der Waals surface area contributed by atoms with E-state index in [1.165, 1.54) is 0 Å². The van der Waals surface area contributed by atoms with Crippen molar-refractivity contribution in [3.63, 3.8) is 0 Å². The number of esters is 1. The lowest BCUT2D eigenvalue weighted by Gasteiger charge is -2.35. The zero-order chi connectivity index (χ0) is 21.3. The SMILES string of the molecule is CCNc1cc(N2CCC[C@@H](CCC(=O)N3CCC[C@H](C(=O)OCC)C3)C2)ncn1. The van der Waals surface area contributed by atoms with E-state index in [0.29, 0.717) is 25.5 Å². The van der Waals surface area contributed by atoms with E-state index in [4.69, 9.17) is 4.74 Å². The first kappa shape index (κ1) is 22.3. The van der Waals surface area contributed by atoms with Gasteiger partial charge in [-0.05, 0) is 51.9 Å². The Labute approximate surface area is 179 Å².